The number of aromatic nitrogens is 1. The molecule has 1 aliphatic rings. The zero-order chi connectivity index (χ0) is 20.8. The zero-order valence-electron chi connectivity index (χ0n) is 16.9. The lowest BCUT2D eigenvalue weighted by molar-refractivity contribution is -0.121. The number of rotatable bonds is 6. The van der Waals surface area contributed by atoms with E-state index >= 15 is 0 Å². The van der Waals surface area contributed by atoms with Crippen molar-refractivity contribution in [3.8, 4) is 0 Å². The Morgan fingerprint density at radius 3 is 2.17 bits per heavy atom. The number of amides is 1. The van der Waals surface area contributed by atoms with Crippen LogP contribution in [0.3, 0.4) is 0 Å². The second-order valence-electron chi connectivity index (χ2n) is 7.90. The number of nitrogens with zero attached hydrogens (tertiary/aromatic N) is 2. The number of carbonyl (C=O) groups is 1. The van der Waals surface area contributed by atoms with Crippen molar-refractivity contribution in [3.63, 3.8) is 0 Å². The first-order chi connectivity index (χ1) is 14.7. The molecule has 154 valence electrons. The fourth-order valence-corrected chi connectivity index (χ4v) is 4.01. The minimum atomic E-state index is 0.0722. The molecule has 0 unspecified atom stereocenters. The van der Waals surface area contributed by atoms with Gasteiger partial charge in [-0.05, 0) is 85.4 Å². The van der Waals surface area contributed by atoms with Gasteiger partial charge in [0.2, 0.25) is 5.91 Å². The van der Waals surface area contributed by atoms with E-state index in [1.54, 1.807) is 0 Å². The summed E-state index contributed by atoms with van der Waals surface area (Å²) in [6.07, 6.45) is 6.26. The molecule has 5 heteroatoms. The predicted molar refractivity (Wildman–Crippen MR) is 122 cm³/mol. The molecule has 2 aromatic carbocycles. The molecule has 0 bridgehead atoms. The monoisotopic (exact) mass is 419 g/mol. The lowest BCUT2D eigenvalue weighted by Gasteiger charge is -2.31. The van der Waals surface area contributed by atoms with Crippen molar-refractivity contribution < 1.29 is 4.79 Å². The summed E-state index contributed by atoms with van der Waals surface area (Å²) >= 11 is 5.96. The summed E-state index contributed by atoms with van der Waals surface area (Å²) < 4.78 is 0. The largest absolute Gasteiger partial charge is 0.326 e. The molecule has 1 saturated heterocycles. The van der Waals surface area contributed by atoms with E-state index < -0.39 is 0 Å². The van der Waals surface area contributed by atoms with Gasteiger partial charge in [0.25, 0.3) is 0 Å². The van der Waals surface area contributed by atoms with E-state index in [0.29, 0.717) is 0 Å². The van der Waals surface area contributed by atoms with Crippen LogP contribution in [-0.2, 0) is 17.8 Å². The van der Waals surface area contributed by atoms with Crippen LogP contribution in [0.2, 0.25) is 5.02 Å². The predicted octanol–water partition coefficient (Wildman–Crippen LogP) is 5.18. The summed E-state index contributed by atoms with van der Waals surface area (Å²) in [4.78, 5) is 19.1. The van der Waals surface area contributed by atoms with Crippen molar-refractivity contribution in [2.75, 3.05) is 18.4 Å². The molecular weight excluding hydrogens is 394 g/mol. The molecule has 0 radical (unpaired) electrons. The van der Waals surface area contributed by atoms with Crippen LogP contribution in [0, 0.1) is 5.92 Å². The van der Waals surface area contributed by atoms with Crippen LogP contribution in [0.4, 0.5) is 5.69 Å². The summed E-state index contributed by atoms with van der Waals surface area (Å²) in [6.45, 7) is 2.78. The molecule has 0 saturated carbocycles. The topological polar surface area (TPSA) is 45.2 Å². The van der Waals surface area contributed by atoms with Crippen LogP contribution >= 0.6 is 11.6 Å². The minimum absolute atomic E-state index is 0.0722. The summed E-state index contributed by atoms with van der Waals surface area (Å²) in [6, 6.07) is 20.2. The van der Waals surface area contributed by atoms with Gasteiger partial charge in [-0.1, -0.05) is 35.9 Å². The van der Waals surface area contributed by atoms with Crippen LogP contribution in [0.25, 0.3) is 0 Å². The molecule has 1 N–H and O–H groups in total. The maximum Gasteiger partial charge on any atom is 0.227 e. The van der Waals surface area contributed by atoms with Gasteiger partial charge in [-0.2, -0.15) is 0 Å². The van der Waals surface area contributed by atoms with E-state index in [9.17, 15) is 4.79 Å². The maximum atomic E-state index is 12.7. The summed E-state index contributed by atoms with van der Waals surface area (Å²) in [5, 5.41) is 3.85. The van der Waals surface area contributed by atoms with Gasteiger partial charge in [0.05, 0.1) is 0 Å². The fourth-order valence-electron chi connectivity index (χ4n) is 3.89. The number of piperidine rings is 1. The second kappa shape index (κ2) is 9.88. The number of hydrogen-bond acceptors (Lipinski definition) is 3. The first kappa shape index (κ1) is 20.6. The summed E-state index contributed by atoms with van der Waals surface area (Å²) in [5.74, 6) is 0.200. The van der Waals surface area contributed by atoms with E-state index in [4.69, 9.17) is 11.6 Å². The number of hydrogen-bond donors (Lipinski definition) is 1. The van der Waals surface area contributed by atoms with Crippen molar-refractivity contribution in [1.82, 2.24) is 9.88 Å². The van der Waals surface area contributed by atoms with E-state index in [0.717, 1.165) is 49.6 Å². The molecule has 30 heavy (non-hydrogen) atoms. The zero-order valence-corrected chi connectivity index (χ0v) is 17.7. The molecule has 4 rings (SSSR count). The van der Waals surface area contributed by atoms with Gasteiger partial charge >= 0.3 is 0 Å². The summed E-state index contributed by atoms with van der Waals surface area (Å²) in [7, 11) is 0. The second-order valence-corrected chi connectivity index (χ2v) is 8.33. The Hall–Kier alpha value is -2.69. The lowest BCUT2D eigenvalue weighted by Crippen LogP contribution is -2.37. The maximum absolute atomic E-state index is 12.7. The Bertz CT molecular complexity index is 950. The van der Waals surface area contributed by atoms with E-state index in [-0.39, 0.29) is 11.8 Å². The van der Waals surface area contributed by atoms with Crippen molar-refractivity contribution in [1.29, 1.82) is 0 Å². The van der Waals surface area contributed by atoms with Gasteiger partial charge in [-0.3, -0.25) is 14.7 Å². The first-order valence-corrected chi connectivity index (χ1v) is 10.8. The Labute approximate surface area is 182 Å². The van der Waals surface area contributed by atoms with Gasteiger partial charge in [0.1, 0.15) is 0 Å². The highest BCUT2D eigenvalue weighted by Crippen LogP contribution is 2.22. The fraction of sp³-hybridized carbons (Fsp3) is 0.280. The smallest absolute Gasteiger partial charge is 0.227 e. The Morgan fingerprint density at radius 1 is 0.900 bits per heavy atom. The normalized spacial score (nSPS) is 15.1. The van der Waals surface area contributed by atoms with E-state index in [2.05, 4.69) is 39.5 Å². The Morgan fingerprint density at radius 2 is 1.50 bits per heavy atom. The van der Waals surface area contributed by atoms with E-state index in [1.165, 1.54) is 16.7 Å². The molecule has 1 aliphatic heterocycles. The average Bonchev–Trinajstić information content (AvgIpc) is 2.78. The van der Waals surface area contributed by atoms with Gasteiger partial charge in [-0.25, -0.2) is 0 Å². The average molecular weight is 420 g/mol. The molecule has 0 aliphatic carbocycles. The Kier molecular flexibility index (Phi) is 6.77. The number of halogens is 1. The van der Waals surface area contributed by atoms with Gasteiger partial charge in [-0.15, -0.1) is 0 Å². The summed E-state index contributed by atoms with van der Waals surface area (Å²) in [5.41, 5.74) is 4.57. The van der Waals surface area contributed by atoms with Gasteiger partial charge < -0.3 is 5.32 Å². The number of likely N-dealkylation sites (tertiary alicyclic amines) is 1. The molecule has 4 nitrogen and oxygen atoms in total. The third kappa shape index (κ3) is 5.68. The lowest BCUT2D eigenvalue weighted by atomic mass is 9.95. The van der Waals surface area contributed by atoms with Crippen LogP contribution in [-0.4, -0.2) is 28.9 Å². The molecule has 1 amide bonds. The van der Waals surface area contributed by atoms with Crippen molar-refractivity contribution in [3.05, 3.63) is 94.8 Å². The highest BCUT2D eigenvalue weighted by molar-refractivity contribution is 6.30. The Balaban J connectivity index is 1.25. The van der Waals surface area contributed by atoms with Crippen molar-refractivity contribution in [2.24, 2.45) is 5.92 Å². The van der Waals surface area contributed by atoms with Crippen LogP contribution in [0.15, 0.2) is 73.1 Å². The molecule has 1 fully saturated rings. The van der Waals surface area contributed by atoms with Crippen LogP contribution in [0.1, 0.15) is 29.5 Å². The number of pyridine rings is 1. The SMILES string of the molecule is O=C(Nc1ccc(Cc2ccncc2)cc1)C1CCN(Cc2ccc(Cl)cc2)CC1. The van der Waals surface area contributed by atoms with Crippen molar-refractivity contribution >= 4 is 23.2 Å². The molecular formula is C25H26ClN3O. The number of carbonyl (C=O) groups excluding carboxylic acids is 1. The third-order valence-corrected chi connectivity index (χ3v) is 5.91. The molecule has 0 atom stereocenters. The van der Waals surface area contributed by atoms with Crippen LogP contribution in [0.5, 0.6) is 0 Å². The molecule has 1 aromatic heterocycles. The standard InChI is InChI=1S/C25H26ClN3O/c26-23-5-1-21(2-6-23)18-29-15-11-22(12-16-29)25(30)28-24-7-3-19(4-8-24)17-20-9-13-27-14-10-20/h1-10,13-14,22H,11-12,15-18H2,(H,28,30). The highest BCUT2D eigenvalue weighted by Gasteiger charge is 2.25. The molecule has 2 heterocycles. The van der Waals surface area contributed by atoms with Crippen molar-refractivity contribution in [2.45, 2.75) is 25.8 Å². The molecule has 0 spiro atoms. The van der Waals surface area contributed by atoms with E-state index in [1.807, 2.05) is 48.8 Å². The third-order valence-electron chi connectivity index (χ3n) is 5.66. The highest BCUT2D eigenvalue weighted by atomic mass is 35.5. The minimum Gasteiger partial charge on any atom is -0.326 e. The van der Waals surface area contributed by atoms with Gasteiger partial charge in [0, 0.05) is 35.6 Å². The molecule has 3 aromatic rings. The quantitative estimate of drug-likeness (QED) is 0.599. The number of nitrogens with one attached hydrogen (secondary N) is 1. The number of benzene rings is 2. The first-order valence-electron chi connectivity index (χ1n) is 10.4. The number of anilines is 1. The van der Waals surface area contributed by atoms with Gasteiger partial charge in [0.15, 0.2) is 0 Å². The van der Waals surface area contributed by atoms with Crippen LogP contribution < -0.4 is 5.32 Å².